The van der Waals surface area contributed by atoms with Gasteiger partial charge in [0.15, 0.2) is 12.4 Å². The van der Waals surface area contributed by atoms with Gasteiger partial charge in [-0.05, 0) is 56.1 Å². The fourth-order valence-corrected chi connectivity index (χ4v) is 4.13. The maximum absolute atomic E-state index is 12.0. The van der Waals surface area contributed by atoms with E-state index < -0.39 is 5.91 Å². The van der Waals surface area contributed by atoms with E-state index in [1.807, 2.05) is 0 Å². The number of ketones is 1. The quantitative estimate of drug-likeness (QED) is 0.642. The molecule has 0 spiro atoms. The lowest BCUT2D eigenvalue weighted by Gasteiger charge is -2.20. The number of hydrogen-bond donors (Lipinski definition) is 1. The number of anilines is 1. The summed E-state index contributed by atoms with van der Waals surface area (Å²) < 4.78 is 5.11. The number of para-hydroxylation sites is 1. The predicted octanol–water partition coefficient (Wildman–Crippen LogP) is 3.20. The van der Waals surface area contributed by atoms with E-state index >= 15 is 0 Å². The zero-order valence-electron chi connectivity index (χ0n) is 13.9. The molecule has 5 nitrogen and oxygen atoms in total. The highest BCUT2D eigenvalue weighted by Crippen LogP contribution is 2.49. The number of Topliss-reactive ketones (excluding diaryl/α,β-unsaturated/α-hetero) is 1. The Morgan fingerprint density at radius 3 is 2.62 bits per heavy atom. The van der Waals surface area contributed by atoms with Crippen molar-refractivity contribution in [2.75, 3.05) is 11.9 Å². The summed E-state index contributed by atoms with van der Waals surface area (Å²) in [4.78, 5) is 35.4. The number of benzene rings is 1. The number of carbonyl (C=O) groups is 3. The molecular formula is C19H23NO4. The Hall–Kier alpha value is -2.17. The summed E-state index contributed by atoms with van der Waals surface area (Å²) in [6.07, 6.45) is 5.32. The maximum Gasteiger partial charge on any atom is 0.306 e. The molecule has 3 rings (SSSR count). The van der Waals surface area contributed by atoms with Crippen LogP contribution in [0.2, 0.25) is 0 Å². The Labute approximate surface area is 141 Å². The number of esters is 1. The monoisotopic (exact) mass is 329 g/mol. The van der Waals surface area contributed by atoms with Gasteiger partial charge in [0, 0.05) is 12.0 Å². The standard InChI is InChI=1S/C19H23NO4/c1-12(21)16-4-2-3-5-17(16)20-18(22)11-24-19(23)10-15-9-13-6-7-14(15)8-13/h2-5,13-15H,6-11H2,1H3,(H,20,22)/t13-,14+,15+/m0/s1. The van der Waals surface area contributed by atoms with Crippen molar-refractivity contribution < 1.29 is 19.1 Å². The zero-order chi connectivity index (χ0) is 17.1. The van der Waals surface area contributed by atoms with Crippen molar-refractivity contribution in [1.29, 1.82) is 0 Å². The Morgan fingerprint density at radius 2 is 1.96 bits per heavy atom. The van der Waals surface area contributed by atoms with Gasteiger partial charge in [-0.25, -0.2) is 0 Å². The van der Waals surface area contributed by atoms with Gasteiger partial charge in [0.2, 0.25) is 0 Å². The number of nitrogens with one attached hydrogen (secondary N) is 1. The number of hydrogen-bond acceptors (Lipinski definition) is 4. The van der Waals surface area contributed by atoms with Crippen LogP contribution in [0, 0.1) is 17.8 Å². The summed E-state index contributed by atoms with van der Waals surface area (Å²) in [7, 11) is 0. The van der Waals surface area contributed by atoms with Gasteiger partial charge in [-0.3, -0.25) is 14.4 Å². The molecule has 2 saturated carbocycles. The summed E-state index contributed by atoms with van der Waals surface area (Å²) >= 11 is 0. The van der Waals surface area contributed by atoms with Crippen molar-refractivity contribution in [2.24, 2.45) is 17.8 Å². The second kappa shape index (κ2) is 7.16. The minimum absolute atomic E-state index is 0.126. The average Bonchev–Trinajstić information content (AvgIpc) is 3.16. The Bertz CT molecular complexity index is 655. The van der Waals surface area contributed by atoms with Crippen LogP contribution in [0.5, 0.6) is 0 Å². The molecule has 0 unspecified atom stereocenters. The van der Waals surface area contributed by atoms with Crippen LogP contribution in [0.15, 0.2) is 24.3 Å². The van der Waals surface area contributed by atoms with Crippen molar-refractivity contribution in [1.82, 2.24) is 0 Å². The number of fused-ring (bicyclic) bond motifs is 2. The third kappa shape index (κ3) is 3.83. The smallest absolute Gasteiger partial charge is 0.306 e. The van der Waals surface area contributed by atoms with E-state index in [-0.39, 0.29) is 18.4 Å². The van der Waals surface area contributed by atoms with Crippen LogP contribution in [0.1, 0.15) is 49.4 Å². The topological polar surface area (TPSA) is 72.5 Å². The highest BCUT2D eigenvalue weighted by atomic mass is 16.5. The summed E-state index contributed by atoms with van der Waals surface area (Å²) in [5.74, 6) is 1.03. The maximum atomic E-state index is 12.0. The molecule has 2 aliphatic carbocycles. The Morgan fingerprint density at radius 1 is 1.17 bits per heavy atom. The van der Waals surface area contributed by atoms with Crippen molar-refractivity contribution in [3.8, 4) is 0 Å². The van der Waals surface area contributed by atoms with Crippen molar-refractivity contribution >= 4 is 23.3 Å². The molecule has 5 heteroatoms. The molecule has 1 N–H and O–H groups in total. The van der Waals surface area contributed by atoms with Crippen LogP contribution in [-0.4, -0.2) is 24.3 Å². The molecular weight excluding hydrogens is 306 g/mol. The van der Waals surface area contributed by atoms with Crippen molar-refractivity contribution in [3.05, 3.63) is 29.8 Å². The molecule has 2 bridgehead atoms. The second-order valence-electron chi connectivity index (χ2n) is 6.95. The Balaban J connectivity index is 1.46. The van der Waals surface area contributed by atoms with E-state index in [1.54, 1.807) is 24.3 Å². The van der Waals surface area contributed by atoms with Crippen molar-refractivity contribution in [2.45, 2.75) is 39.0 Å². The molecule has 1 amide bonds. The minimum Gasteiger partial charge on any atom is -0.456 e. The predicted molar refractivity (Wildman–Crippen MR) is 89.6 cm³/mol. The van der Waals surface area contributed by atoms with E-state index in [0.717, 1.165) is 12.3 Å². The highest BCUT2D eigenvalue weighted by Gasteiger charge is 2.40. The Kier molecular flexibility index (Phi) is 4.97. The summed E-state index contributed by atoms with van der Waals surface area (Å²) in [6, 6.07) is 6.79. The van der Waals surface area contributed by atoms with E-state index in [0.29, 0.717) is 29.5 Å². The van der Waals surface area contributed by atoms with Gasteiger partial charge in [0.25, 0.3) is 5.91 Å². The van der Waals surface area contributed by atoms with E-state index in [1.165, 1.54) is 26.2 Å². The molecule has 1 aromatic rings. The average molecular weight is 329 g/mol. The van der Waals surface area contributed by atoms with Gasteiger partial charge in [-0.15, -0.1) is 0 Å². The van der Waals surface area contributed by atoms with Gasteiger partial charge in [-0.1, -0.05) is 18.6 Å². The number of amides is 1. The van der Waals surface area contributed by atoms with Crippen molar-refractivity contribution in [3.63, 3.8) is 0 Å². The molecule has 0 saturated heterocycles. The van der Waals surface area contributed by atoms with Crippen LogP contribution >= 0.6 is 0 Å². The molecule has 3 atom stereocenters. The third-order valence-corrected chi connectivity index (χ3v) is 5.26. The van der Waals surface area contributed by atoms with Crippen LogP contribution in [0.3, 0.4) is 0 Å². The SMILES string of the molecule is CC(=O)c1ccccc1NC(=O)COC(=O)C[C@H]1C[C@H]2CC[C@@H]1C2. The van der Waals surface area contributed by atoms with Crippen LogP contribution < -0.4 is 5.32 Å². The van der Waals surface area contributed by atoms with Gasteiger partial charge in [-0.2, -0.15) is 0 Å². The zero-order valence-corrected chi connectivity index (χ0v) is 13.9. The molecule has 0 heterocycles. The van der Waals surface area contributed by atoms with E-state index in [4.69, 9.17) is 4.74 Å². The molecule has 128 valence electrons. The van der Waals surface area contributed by atoms with E-state index in [2.05, 4.69) is 5.32 Å². The summed E-state index contributed by atoms with van der Waals surface area (Å²) in [5, 5.41) is 2.63. The highest BCUT2D eigenvalue weighted by molar-refractivity contribution is 6.04. The molecule has 0 aromatic heterocycles. The van der Waals surface area contributed by atoms with Crippen LogP contribution in [-0.2, 0) is 14.3 Å². The fourth-order valence-electron chi connectivity index (χ4n) is 4.13. The lowest BCUT2D eigenvalue weighted by atomic mass is 9.86. The lowest BCUT2D eigenvalue weighted by molar-refractivity contribution is -0.148. The number of rotatable bonds is 6. The largest absolute Gasteiger partial charge is 0.456 e. The summed E-state index contributed by atoms with van der Waals surface area (Å²) in [6.45, 7) is 1.13. The number of carbonyl (C=O) groups excluding carboxylic acids is 3. The first-order valence-electron chi connectivity index (χ1n) is 8.58. The van der Waals surface area contributed by atoms with Gasteiger partial charge in [0.05, 0.1) is 5.69 Å². The molecule has 0 aliphatic heterocycles. The normalized spacial score (nSPS) is 24.6. The molecule has 2 aliphatic rings. The first kappa shape index (κ1) is 16.7. The lowest BCUT2D eigenvalue weighted by Crippen LogP contribution is -2.23. The third-order valence-electron chi connectivity index (χ3n) is 5.26. The van der Waals surface area contributed by atoms with Gasteiger partial charge < -0.3 is 10.1 Å². The summed E-state index contributed by atoms with van der Waals surface area (Å²) in [5.41, 5.74) is 0.887. The minimum atomic E-state index is -0.426. The first-order valence-corrected chi connectivity index (χ1v) is 8.58. The van der Waals surface area contributed by atoms with Crippen LogP contribution in [0.4, 0.5) is 5.69 Å². The molecule has 2 fully saturated rings. The number of ether oxygens (including phenoxy) is 1. The molecule has 1 aromatic carbocycles. The van der Waals surface area contributed by atoms with Gasteiger partial charge >= 0.3 is 5.97 Å². The van der Waals surface area contributed by atoms with Crippen LogP contribution in [0.25, 0.3) is 0 Å². The molecule has 24 heavy (non-hydrogen) atoms. The fraction of sp³-hybridized carbons (Fsp3) is 0.526. The molecule has 0 radical (unpaired) electrons. The van der Waals surface area contributed by atoms with Gasteiger partial charge in [0.1, 0.15) is 0 Å². The second-order valence-corrected chi connectivity index (χ2v) is 6.95. The van der Waals surface area contributed by atoms with E-state index in [9.17, 15) is 14.4 Å². The first-order chi connectivity index (χ1) is 11.5.